The molecule has 10 heteroatoms. The number of fused-ring (bicyclic) bond motifs is 1. The first-order chi connectivity index (χ1) is 15.7. The first-order valence-electron chi connectivity index (χ1n) is 9.89. The molecule has 170 valence electrons. The van der Waals surface area contributed by atoms with Gasteiger partial charge in [-0.05, 0) is 60.0 Å². The molecular weight excluding hydrogens is 442 g/mol. The van der Waals surface area contributed by atoms with Gasteiger partial charge in [0.15, 0.2) is 0 Å². The fraction of sp³-hybridized carbons (Fsp3) is 0.174. The molecule has 0 radical (unpaired) electrons. The monoisotopic (exact) mass is 459 g/mol. The van der Waals surface area contributed by atoms with Crippen molar-refractivity contribution in [3.05, 3.63) is 89.0 Å². The number of aromatic nitrogens is 1. The zero-order valence-electron chi connectivity index (χ0n) is 16.9. The summed E-state index contributed by atoms with van der Waals surface area (Å²) in [5.41, 5.74) is 1.90. The topological polar surface area (TPSA) is 80.3 Å². The van der Waals surface area contributed by atoms with Gasteiger partial charge in [0.25, 0.3) is 5.91 Å². The number of anilines is 1. The van der Waals surface area contributed by atoms with E-state index in [2.05, 4.69) is 20.4 Å². The van der Waals surface area contributed by atoms with Crippen LogP contribution in [-0.2, 0) is 11.2 Å². The number of aryl methyl sites for hydroxylation is 1. The Morgan fingerprint density at radius 1 is 1.09 bits per heavy atom. The number of hydrogen-bond donors (Lipinski definition) is 2. The molecule has 0 fully saturated rings. The Morgan fingerprint density at radius 3 is 2.55 bits per heavy atom. The smallest absolute Gasteiger partial charge is 0.406 e. The SMILES string of the molecule is O=C1CCc2cc(C(=O)N[C@@H](c3ccc(OC(F)(F)F)cc3)c3ncccc3F)ccc2N1. The Bertz CT molecular complexity index is 1200. The number of benzene rings is 2. The molecule has 0 unspecified atom stereocenters. The number of alkyl halides is 3. The van der Waals surface area contributed by atoms with Crippen molar-refractivity contribution in [3.8, 4) is 5.75 Å². The second-order valence-electron chi connectivity index (χ2n) is 7.31. The number of nitrogens with zero attached hydrogens (tertiary/aromatic N) is 1. The van der Waals surface area contributed by atoms with Crippen molar-refractivity contribution in [3.63, 3.8) is 0 Å². The lowest BCUT2D eigenvalue weighted by Crippen LogP contribution is -2.31. The summed E-state index contributed by atoms with van der Waals surface area (Å²) in [7, 11) is 0. The lowest BCUT2D eigenvalue weighted by Gasteiger charge is -2.21. The number of pyridine rings is 1. The highest BCUT2D eigenvalue weighted by Crippen LogP contribution is 2.29. The van der Waals surface area contributed by atoms with Gasteiger partial charge in [0.1, 0.15) is 17.3 Å². The summed E-state index contributed by atoms with van der Waals surface area (Å²) >= 11 is 0. The molecule has 0 bridgehead atoms. The minimum Gasteiger partial charge on any atom is -0.406 e. The molecule has 0 spiro atoms. The van der Waals surface area contributed by atoms with Crippen LogP contribution in [0.4, 0.5) is 23.2 Å². The van der Waals surface area contributed by atoms with Crippen molar-refractivity contribution in [1.29, 1.82) is 0 Å². The van der Waals surface area contributed by atoms with Crippen molar-refractivity contribution in [2.45, 2.75) is 25.2 Å². The van der Waals surface area contributed by atoms with Crippen LogP contribution in [-0.4, -0.2) is 23.2 Å². The van der Waals surface area contributed by atoms with Gasteiger partial charge >= 0.3 is 6.36 Å². The number of carbonyl (C=O) groups is 2. The molecular formula is C23H17F4N3O3. The van der Waals surface area contributed by atoms with Gasteiger partial charge in [0.05, 0.1) is 6.04 Å². The van der Waals surface area contributed by atoms with E-state index < -0.39 is 29.9 Å². The van der Waals surface area contributed by atoms with Crippen LogP contribution in [0.2, 0.25) is 0 Å². The van der Waals surface area contributed by atoms with Crippen molar-refractivity contribution in [1.82, 2.24) is 10.3 Å². The standard InChI is InChI=1S/C23H17F4N3O3/c24-17-2-1-11-28-21(17)20(13-3-7-16(8-4-13)33-23(25,26)27)30-22(32)15-5-9-18-14(12-15)6-10-19(31)29-18/h1-5,7-9,11-12,20H,6,10H2,(H,29,31)(H,30,32)/t20-/m0/s1. The fourth-order valence-corrected chi connectivity index (χ4v) is 3.52. The highest BCUT2D eigenvalue weighted by atomic mass is 19.4. The third-order valence-corrected chi connectivity index (χ3v) is 5.05. The van der Waals surface area contributed by atoms with E-state index in [9.17, 15) is 27.2 Å². The minimum atomic E-state index is -4.85. The molecule has 2 amide bonds. The largest absolute Gasteiger partial charge is 0.573 e. The van der Waals surface area contributed by atoms with Crippen molar-refractivity contribution >= 4 is 17.5 Å². The first kappa shape index (κ1) is 22.3. The van der Waals surface area contributed by atoms with Crippen LogP contribution < -0.4 is 15.4 Å². The van der Waals surface area contributed by atoms with Gasteiger partial charge in [0, 0.05) is 23.9 Å². The lowest BCUT2D eigenvalue weighted by molar-refractivity contribution is -0.274. The van der Waals surface area contributed by atoms with E-state index in [1.54, 1.807) is 12.1 Å². The zero-order chi connectivity index (χ0) is 23.6. The van der Waals surface area contributed by atoms with Crippen LogP contribution in [0.25, 0.3) is 0 Å². The summed E-state index contributed by atoms with van der Waals surface area (Å²) in [6.07, 6.45) is -2.73. The predicted octanol–water partition coefficient (Wildman–Crippen LogP) is 4.52. The van der Waals surface area contributed by atoms with E-state index >= 15 is 0 Å². The third-order valence-electron chi connectivity index (χ3n) is 5.05. The average molecular weight is 459 g/mol. The van der Waals surface area contributed by atoms with Crippen LogP contribution in [0.1, 0.15) is 39.6 Å². The Morgan fingerprint density at radius 2 is 1.85 bits per heavy atom. The molecule has 3 aromatic rings. The number of nitrogens with one attached hydrogen (secondary N) is 2. The van der Waals surface area contributed by atoms with Gasteiger partial charge in [0.2, 0.25) is 5.91 Å². The van der Waals surface area contributed by atoms with Crippen LogP contribution in [0.5, 0.6) is 5.75 Å². The Hall–Kier alpha value is -3.95. The number of hydrogen-bond acceptors (Lipinski definition) is 4. The molecule has 1 atom stereocenters. The molecule has 6 nitrogen and oxygen atoms in total. The van der Waals surface area contributed by atoms with Crippen LogP contribution in [0.15, 0.2) is 60.8 Å². The maximum Gasteiger partial charge on any atom is 0.573 e. The van der Waals surface area contributed by atoms with Crippen molar-refractivity contribution in [2.75, 3.05) is 5.32 Å². The Kier molecular flexibility index (Phi) is 5.99. The Balaban J connectivity index is 1.63. The molecule has 0 aliphatic carbocycles. The number of ether oxygens (including phenoxy) is 1. The molecule has 1 aliphatic rings. The van der Waals surface area contributed by atoms with E-state index in [0.717, 1.165) is 17.7 Å². The maximum atomic E-state index is 14.5. The average Bonchev–Trinajstić information content (AvgIpc) is 2.77. The van der Waals surface area contributed by atoms with Crippen LogP contribution in [0.3, 0.4) is 0 Å². The van der Waals surface area contributed by atoms with Gasteiger partial charge in [-0.15, -0.1) is 13.2 Å². The Labute approximate surface area is 185 Å². The summed E-state index contributed by atoms with van der Waals surface area (Å²) in [6.45, 7) is 0. The number of rotatable bonds is 5. The highest BCUT2D eigenvalue weighted by Gasteiger charge is 2.31. The van der Waals surface area contributed by atoms with Gasteiger partial charge < -0.3 is 15.4 Å². The molecule has 33 heavy (non-hydrogen) atoms. The van der Waals surface area contributed by atoms with Gasteiger partial charge in [-0.25, -0.2) is 4.39 Å². The summed E-state index contributed by atoms with van der Waals surface area (Å²) in [4.78, 5) is 28.5. The van der Waals surface area contributed by atoms with E-state index in [-0.39, 0.29) is 17.2 Å². The molecule has 2 N–H and O–H groups in total. The molecule has 0 saturated carbocycles. The minimum absolute atomic E-state index is 0.0967. The molecule has 0 saturated heterocycles. The number of halogens is 4. The van der Waals surface area contributed by atoms with Gasteiger partial charge in [-0.2, -0.15) is 0 Å². The summed E-state index contributed by atoms with van der Waals surface area (Å²) in [6, 6.07) is 11.0. The molecule has 1 aliphatic heterocycles. The molecule has 2 heterocycles. The number of amides is 2. The van der Waals surface area contributed by atoms with Crippen LogP contribution >= 0.6 is 0 Å². The molecule has 2 aromatic carbocycles. The molecule has 4 rings (SSSR count). The maximum absolute atomic E-state index is 14.5. The summed E-state index contributed by atoms with van der Waals surface area (Å²) in [5, 5.41) is 5.42. The van der Waals surface area contributed by atoms with E-state index in [0.29, 0.717) is 24.1 Å². The fourth-order valence-electron chi connectivity index (χ4n) is 3.52. The first-order valence-corrected chi connectivity index (χ1v) is 9.89. The molecule has 1 aromatic heterocycles. The zero-order valence-corrected chi connectivity index (χ0v) is 16.9. The van der Waals surface area contributed by atoms with Crippen molar-refractivity contribution in [2.24, 2.45) is 0 Å². The van der Waals surface area contributed by atoms with E-state index in [1.807, 2.05) is 0 Å². The summed E-state index contributed by atoms with van der Waals surface area (Å²) < 4.78 is 55.8. The van der Waals surface area contributed by atoms with E-state index in [1.165, 1.54) is 36.5 Å². The predicted molar refractivity (Wildman–Crippen MR) is 110 cm³/mol. The van der Waals surface area contributed by atoms with E-state index in [4.69, 9.17) is 0 Å². The normalized spacial score (nSPS) is 14.1. The second-order valence-corrected chi connectivity index (χ2v) is 7.31. The highest BCUT2D eigenvalue weighted by molar-refractivity contribution is 5.98. The third kappa shape index (κ3) is 5.28. The van der Waals surface area contributed by atoms with Crippen LogP contribution in [0, 0.1) is 5.82 Å². The van der Waals surface area contributed by atoms with Gasteiger partial charge in [-0.1, -0.05) is 12.1 Å². The lowest BCUT2D eigenvalue weighted by atomic mass is 9.99. The van der Waals surface area contributed by atoms with Gasteiger partial charge in [-0.3, -0.25) is 14.6 Å². The number of carbonyl (C=O) groups excluding carboxylic acids is 2. The second kappa shape index (κ2) is 8.89. The summed E-state index contributed by atoms with van der Waals surface area (Å²) in [5.74, 6) is -1.79. The van der Waals surface area contributed by atoms with Crippen molar-refractivity contribution < 1.29 is 31.9 Å². The quantitative estimate of drug-likeness (QED) is 0.550.